The number of carbonyl (C=O) groups is 1. The molecule has 0 aliphatic heterocycles. The highest BCUT2D eigenvalue weighted by Crippen LogP contribution is 2.22. The van der Waals surface area contributed by atoms with E-state index in [1.165, 1.54) is 12.5 Å². The average molecular weight is 495 g/mol. The minimum atomic E-state index is -0.328. The zero-order valence-corrected chi connectivity index (χ0v) is 21.1. The molecule has 0 heterocycles. The zero-order valence-electron chi connectivity index (χ0n) is 21.1. The molecule has 0 radical (unpaired) electrons. The summed E-state index contributed by atoms with van der Waals surface area (Å²) in [5, 5.41) is 8.49. The van der Waals surface area contributed by atoms with Gasteiger partial charge in [-0.1, -0.05) is 13.2 Å². The molecule has 0 fully saturated rings. The first-order valence-corrected chi connectivity index (χ1v) is 12.6. The maximum Gasteiger partial charge on any atom is 0.338 e. The van der Waals surface area contributed by atoms with E-state index in [0.29, 0.717) is 31.1 Å². The van der Waals surface area contributed by atoms with E-state index in [0.717, 1.165) is 69.4 Å². The summed E-state index contributed by atoms with van der Waals surface area (Å²) in [6, 6.07) is 14.4. The summed E-state index contributed by atoms with van der Waals surface area (Å²) in [5.41, 5.74) is 1.89. The van der Waals surface area contributed by atoms with Gasteiger partial charge in [0, 0.05) is 0 Å². The van der Waals surface area contributed by atoms with Gasteiger partial charge < -0.3 is 18.9 Å². The van der Waals surface area contributed by atoms with Gasteiger partial charge in [-0.25, -0.2) is 4.79 Å². The number of ether oxygens (including phenoxy) is 4. The summed E-state index contributed by atoms with van der Waals surface area (Å²) in [6.07, 6.45) is 11.0. The Morgan fingerprint density at radius 2 is 1.11 bits per heavy atom. The molecule has 7 heteroatoms. The van der Waals surface area contributed by atoms with Crippen molar-refractivity contribution in [2.45, 2.75) is 51.4 Å². The molecule has 0 spiro atoms. The lowest BCUT2D eigenvalue weighted by Crippen LogP contribution is -2.06. The van der Waals surface area contributed by atoms with Crippen LogP contribution in [0.2, 0.25) is 0 Å². The minimum absolute atomic E-state index is 0.328. The number of rotatable bonds is 20. The molecule has 0 unspecified atom stereocenters. The van der Waals surface area contributed by atoms with Crippen molar-refractivity contribution >= 4 is 17.3 Å². The normalized spacial score (nSPS) is 10.7. The molecule has 2 aromatic rings. The Balaban J connectivity index is 1.64. The van der Waals surface area contributed by atoms with Crippen molar-refractivity contribution in [3.05, 3.63) is 79.8 Å². The number of carbonyl (C=O) groups excluding carboxylic acids is 1. The van der Waals surface area contributed by atoms with Crippen molar-refractivity contribution in [2.24, 2.45) is 10.2 Å². The Hall–Kier alpha value is -3.61. The fourth-order valence-electron chi connectivity index (χ4n) is 3.28. The van der Waals surface area contributed by atoms with Crippen LogP contribution in [0.15, 0.2) is 84.4 Å². The fraction of sp³-hybridized carbons (Fsp3) is 0.414. The van der Waals surface area contributed by atoms with Gasteiger partial charge in [-0.15, -0.1) is 0 Å². The predicted octanol–water partition coefficient (Wildman–Crippen LogP) is 8.08. The molecule has 0 aromatic heterocycles. The molecule has 194 valence electrons. The summed E-state index contributed by atoms with van der Waals surface area (Å²) < 4.78 is 21.3. The number of esters is 1. The number of hydrogen-bond donors (Lipinski definition) is 0. The van der Waals surface area contributed by atoms with Crippen LogP contribution in [0.25, 0.3) is 0 Å². The SMILES string of the molecule is C=COCCCCCCOC(=O)c1ccc(N=Nc2ccc(OCCCCCCOC=C)cc2)cc1. The molecule has 0 amide bonds. The lowest BCUT2D eigenvalue weighted by atomic mass is 10.2. The van der Waals surface area contributed by atoms with Crippen LogP contribution in [-0.4, -0.2) is 32.4 Å². The number of azo groups is 1. The van der Waals surface area contributed by atoms with Crippen LogP contribution in [0.3, 0.4) is 0 Å². The lowest BCUT2D eigenvalue weighted by molar-refractivity contribution is 0.0497. The van der Waals surface area contributed by atoms with E-state index < -0.39 is 0 Å². The lowest BCUT2D eigenvalue weighted by Gasteiger charge is -2.06. The molecule has 0 aliphatic rings. The van der Waals surface area contributed by atoms with Crippen LogP contribution in [0.4, 0.5) is 11.4 Å². The zero-order chi connectivity index (χ0) is 25.7. The maximum atomic E-state index is 12.2. The molecule has 7 nitrogen and oxygen atoms in total. The van der Waals surface area contributed by atoms with Crippen LogP contribution in [-0.2, 0) is 14.2 Å². The molecule has 36 heavy (non-hydrogen) atoms. The Labute approximate surface area is 214 Å². The molecular formula is C29H38N2O5. The Morgan fingerprint density at radius 3 is 1.64 bits per heavy atom. The van der Waals surface area contributed by atoms with Crippen LogP contribution in [0.5, 0.6) is 5.75 Å². The first kappa shape index (κ1) is 28.6. The molecule has 0 atom stereocenters. The monoisotopic (exact) mass is 494 g/mol. The molecule has 0 aliphatic carbocycles. The van der Waals surface area contributed by atoms with Gasteiger partial charge in [0.05, 0.1) is 55.9 Å². The molecule has 0 bridgehead atoms. The Morgan fingerprint density at radius 1 is 0.639 bits per heavy atom. The van der Waals surface area contributed by atoms with E-state index in [2.05, 4.69) is 23.4 Å². The molecule has 0 saturated carbocycles. The second-order valence-corrected chi connectivity index (χ2v) is 8.13. The van der Waals surface area contributed by atoms with Gasteiger partial charge in [-0.3, -0.25) is 0 Å². The van der Waals surface area contributed by atoms with E-state index in [-0.39, 0.29) is 5.97 Å². The molecule has 2 rings (SSSR count). The smallest absolute Gasteiger partial charge is 0.338 e. The molecular weight excluding hydrogens is 456 g/mol. The van der Waals surface area contributed by atoms with E-state index in [1.807, 2.05) is 24.3 Å². The highest BCUT2D eigenvalue weighted by molar-refractivity contribution is 5.89. The van der Waals surface area contributed by atoms with Gasteiger partial charge in [0.2, 0.25) is 0 Å². The van der Waals surface area contributed by atoms with Gasteiger partial charge in [-0.05, 0) is 99.9 Å². The molecule has 0 saturated heterocycles. The van der Waals surface area contributed by atoms with Crippen LogP contribution < -0.4 is 4.74 Å². The summed E-state index contributed by atoms with van der Waals surface area (Å²) in [7, 11) is 0. The second-order valence-electron chi connectivity index (χ2n) is 8.13. The van der Waals surface area contributed by atoms with E-state index in [1.54, 1.807) is 24.3 Å². The largest absolute Gasteiger partial charge is 0.502 e. The summed E-state index contributed by atoms with van der Waals surface area (Å²) >= 11 is 0. The Bertz CT molecular complexity index is 910. The highest BCUT2D eigenvalue weighted by atomic mass is 16.5. The van der Waals surface area contributed by atoms with E-state index in [9.17, 15) is 4.79 Å². The maximum absolute atomic E-state index is 12.2. The van der Waals surface area contributed by atoms with Crippen LogP contribution in [0, 0.1) is 0 Å². The second kappa shape index (κ2) is 18.7. The van der Waals surface area contributed by atoms with Gasteiger partial charge in [0.15, 0.2) is 0 Å². The van der Waals surface area contributed by atoms with Gasteiger partial charge in [0.1, 0.15) is 5.75 Å². The van der Waals surface area contributed by atoms with Gasteiger partial charge in [0.25, 0.3) is 0 Å². The van der Waals surface area contributed by atoms with Crippen LogP contribution >= 0.6 is 0 Å². The minimum Gasteiger partial charge on any atom is -0.502 e. The third-order valence-corrected chi connectivity index (χ3v) is 5.27. The Kier molecular flexibility index (Phi) is 14.9. The number of hydrogen-bond acceptors (Lipinski definition) is 7. The summed E-state index contributed by atoms with van der Waals surface area (Å²) in [5.74, 6) is 0.485. The first-order valence-electron chi connectivity index (χ1n) is 12.6. The quantitative estimate of drug-likeness (QED) is 0.0804. The van der Waals surface area contributed by atoms with Crippen molar-refractivity contribution in [3.63, 3.8) is 0 Å². The summed E-state index contributed by atoms with van der Waals surface area (Å²) in [6.45, 7) is 9.54. The first-order chi connectivity index (χ1) is 17.7. The van der Waals surface area contributed by atoms with Crippen molar-refractivity contribution in [3.8, 4) is 5.75 Å². The van der Waals surface area contributed by atoms with E-state index in [4.69, 9.17) is 18.9 Å². The standard InChI is InChI=1S/C29H38N2O5/c1-3-33-21-9-5-7-11-23-35-28-19-17-27(18-20-28)31-30-26-15-13-25(14-16-26)29(32)36-24-12-8-6-10-22-34-4-2/h3-4,13-20H,1-2,5-12,21-24H2. The average Bonchev–Trinajstić information content (AvgIpc) is 2.91. The van der Waals surface area contributed by atoms with Gasteiger partial charge in [-0.2, -0.15) is 10.2 Å². The topological polar surface area (TPSA) is 78.7 Å². The van der Waals surface area contributed by atoms with Crippen molar-refractivity contribution in [1.82, 2.24) is 0 Å². The van der Waals surface area contributed by atoms with E-state index >= 15 is 0 Å². The third-order valence-electron chi connectivity index (χ3n) is 5.27. The van der Waals surface area contributed by atoms with Crippen molar-refractivity contribution < 1.29 is 23.7 Å². The van der Waals surface area contributed by atoms with Crippen LogP contribution in [0.1, 0.15) is 61.7 Å². The summed E-state index contributed by atoms with van der Waals surface area (Å²) in [4.78, 5) is 12.2. The number of benzene rings is 2. The van der Waals surface area contributed by atoms with Crippen molar-refractivity contribution in [1.29, 1.82) is 0 Å². The third kappa shape index (κ3) is 12.7. The molecule has 2 aromatic carbocycles. The predicted molar refractivity (Wildman–Crippen MR) is 142 cm³/mol. The van der Waals surface area contributed by atoms with Gasteiger partial charge >= 0.3 is 5.97 Å². The number of nitrogens with zero attached hydrogens (tertiary/aromatic N) is 2. The fourth-order valence-corrected chi connectivity index (χ4v) is 3.28. The number of unbranched alkanes of at least 4 members (excludes halogenated alkanes) is 6. The van der Waals surface area contributed by atoms with Crippen molar-refractivity contribution in [2.75, 3.05) is 26.4 Å². The highest BCUT2D eigenvalue weighted by Gasteiger charge is 2.06. The molecule has 0 N–H and O–H groups in total.